The average molecular weight is 261 g/mol. The van der Waals surface area contributed by atoms with Gasteiger partial charge in [-0.15, -0.1) is 0 Å². The average Bonchev–Trinajstić information content (AvgIpc) is 2.37. The predicted molar refractivity (Wildman–Crippen MR) is 73.7 cm³/mol. The molecule has 2 aromatic carbocycles. The van der Waals surface area contributed by atoms with E-state index in [0.717, 1.165) is 11.3 Å². The molecule has 3 nitrogen and oxygen atoms in total. The first-order valence-electron chi connectivity index (χ1n) is 5.53. The molecule has 3 N–H and O–H groups in total. The largest absolute Gasteiger partial charge is 0.381 e. The van der Waals surface area contributed by atoms with E-state index in [1.165, 1.54) is 0 Å². The van der Waals surface area contributed by atoms with Crippen molar-refractivity contribution in [3.63, 3.8) is 0 Å². The number of benzene rings is 2. The molecule has 18 heavy (non-hydrogen) atoms. The van der Waals surface area contributed by atoms with Gasteiger partial charge in [-0.05, 0) is 35.9 Å². The highest BCUT2D eigenvalue weighted by molar-refractivity contribution is 6.30. The number of halogens is 1. The van der Waals surface area contributed by atoms with Gasteiger partial charge in [0.1, 0.15) is 0 Å². The van der Waals surface area contributed by atoms with Gasteiger partial charge >= 0.3 is 0 Å². The van der Waals surface area contributed by atoms with Gasteiger partial charge in [0.25, 0.3) is 0 Å². The van der Waals surface area contributed by atoms with E-state index < -0.39 is 5.91 Å². The van der Waals surface area contributed by atoms with Crippen LogP contribution in [0.5, 0.6) is 0 Å². The lowest BCUT2D eigenvalue weighted by Gasteiger charge is -2.07. The maximum absolute atomic E-state index is 11.1. The molecular formula is C14H13ClN2O. The van der Waals surface area contributed by atoms with Crippen molar-refractivity contribution in [1.29, 1.82) is 0 Å². The van der Waals surface area contributed by atoms with Crippen molar-refractivity contribution >= 4 is 23.2 Å². The van der Waals surface area contributed by atoms with Gasteiger partial charge in [-0.25, -0.2) is 0 Å². The SMILES string of the molecule is NC(=O)c1cccc(CNc2cccc(Cl)c2)c1. The van der Waals surface area contributed by atoms with E-state index in [-0.39, 0.29) is 0 Å². The summed E-state index contributed by atoms with van der Waals surface area (Å²) in [6.07, 6.45) is 0. The monoisotopic (exact) mass is 260 g/mol. The Morgan fingerprint density at radius 2 is 1.94 bits per heavy atom. The van der Waals surface area contributed by atoms with Crippen LogP contribution in [0.2, 0.25) is 5.02 Å². The quantitative estimate of drug-likeness (QED) is 0.888. The molecule has 0 aliphatic rings. The Balaban J connectivity index is 2.06. The number of carbonyl (C=O) groups excluding carboxylic acids is 1. The molecule has 0 aliphatic heterocycles. The first-order chi connectivity index (χ1) is 8.65. The summed E-state index contributed by atoms with van der Waals surface area (Å²) in [5.74, 6) is -0.417. The molecule has 0 saturated carbocycles. The van der Waals surface area contributed by atoms with E-state index in [2.05, 4.69) is 5.32 Å². The molecule has 2 rings (SSSR count). The van der Waals surface area contributed by atoms with Crippen molar-refractivity contribution in [1.82, 2.24) is 0 Å². The lowest BCUT2D eigenvalue weighted by atomic mass is 10.1. The second kappa shape index (κ2) is 5.56. The highest BCUT2D eigenvalue weighted by atomic mass is 35.5. The Morgan fingerprint density at radius 3 is 2.67 bits per heavy atom. The second-order valence-electron chi connectivity index (χ2n) is 3.93. The Labute approximate surface area is 111 Å². The first-order valence-corrected chi connectivity index (χ1v) is 5.91. The van der Waals surface area contributed by atoms with Gasteiger partial charge < -0.3 is 11.1 Å². The number of rotatable bonds is 4. The van der Waals surface area contributed by atoms with Crippen LogP contribution in [0.25, 0.3) is 0 Å². The highest BCUT2D eigenvalue weighted by Crippen LogP contribution is 2.16. The zero-order chi connectivity index (χ0) is 13.0. The first kappa shape index (κ1) is 12.5. The van der Waals surface area contributed by atoms with Crippen LogP contribution in [-0.2, 0) is 6.54 Å². The van der Waals surface area contributed by atoms with Crippen molar-refractivity contribution in [2.24, 2.45) is 5.73 Å². The standard InChI is InChI=1S/C14H13ClN2O/c15-12-5-2-6-13(8-12)17-9-10-3-1-4-11(7-10)14(16)18/h1-8,17H,9H2,(H2,16,18). The smallest absolute Gasteiger partial charge is 0.248 e. The number of amides is 1. The highest BCUT2D eigenvalue weighted by Gasteiger charge is 2.01. The van der Waals surface area contributed by atoms with Crippen LogP contribution in [0.3, 0.4) is 0 Å². The fourth-order valence-corrected chi connectivity index (χ4v) is 1.83. The zero-order valence-electron chi connectivity index (χ0n) is 9.69. The summed E-state index contributed by atoms with van der Waals surface area (Å²) in [6, 6.07) is 14.7. The molecule has 1 amide bonds. The van der Waals surface area contributed by atoms with Gasteiger partial charge in [0.05, 0.1) is 0 Å². The minimum atomic E-state index is -0.417. The molecule has 0 spiro atoms. The van der Waals surface area contributed by atoms with Crippen molar-refractivity contribution in [2.45, 2.75) is 6.54 Å². The number of carbonyl (C=O) groups is 1. The molecule has 0 aliphatic carbocycles. The van der Waals surface area contributed by atoms with E-state index in [0.29, 0.717) is 17.1 Å². The third-order valence-electron chi connectivity index (χ3n) is 2.53. The molecule has 4 heteroatoms. The summed E-state index contributed by atoms with van der Waals surface area (Å²) in [5, 5.41) is 3.92. The van der Waals surface area contributed by atoms with Gasteiger partial charge in [0, 0.05) is 22.8 Å². The topological polar surface area (TPSA) is 55.1 Å². The fourth-order valence-electron chi connectivity index (χ4n) is 1.64. The molecule has 0 heterocycles. The summed E-state index contributed by atoms with van der Waals surface area (Å²) >= 11 is 5.89. The second-order valence-corrected chi connectivity index (χ2v) is 4.36. The summed E-state index contributed by atoms with van der Waals surface area (Å²) in [6.45, 7) is 0.613. The lowest BCUT2D eigenvalue weighted by molar-refractivity contribution is 0.1000. The van der Waals surface area contributed by atoms with Crippen LogP contribution in [-0.4, -0.2) is 5.91 Å². The number of hydrogen-bond donors (Lipinski definition) is 2. The van der Waals surface area contributed by atoms with Crippen LogP contribution in [0.15, 0.2) is 48.5 Å². The molecule has 0 radical (unpaired) electrons. The molecule has 0 fully saturated rings. The number of primary amides is 1. The van der Waals surface area contributed by atoms with Crippen molar-refractivity contribution < 1.29 is 4.79 Å². The maximum Gasteiger partial charge on any atom is 0.248 e. The molecule has 92 valence electrons. The van der Waals surface area contributed by atoms with E-state index in [4.69, 9.17) is 17.3 Å². The number of nitrogens with two attached hydrogens (primary N) is 1. The Hall–Kier alpha value is -2.00. The number of anilines is 1. The van der Waals surface area contributed by atoms with Crippen molar-refractivity contribution in [2.75, 3.05) is 5.32 Å². The van der Waals surface area contributed by atoms with E-state index in [1.54, 1.807) is 12.1 Å². The van der Waals surface area contributed by atoms with Crippen molar-refractivity contribution in [3.8, 4) is 0 Å². The van der Waals surface area contributed by atoms with Crippen LogP contribution in [0, 0.1) is 0 Å². The molecule has 0 aromatic heterocycles. The van der Waals surface area contributed by atoms with Gasteiger partial charge in [-0.3, -0.25) is 4.79 Å². The van der Waals surface area contributed by atoms with E-state index in [1.807, 2.05) is 36.4 Å². The van der Waals surface area contributed by atoms with E-state index in [9.17, 15) is 4.79 Å². The third-order valence-corrected chi connectivity index (χ3v) is 2.77. The van der Waals surface area contributed by atoms with Crippen molar-refractivity contribution in [3.05, 3.63) is 64.7 Å². The van der Waals surface area contributed by atoms with E-state index >= 15 is 0 Å². The summed E-state index contributed by atoms with van der Waals surface area (Å²) < 4.78 is 0. The van der Waals surface area contributed by atoms with Crippen LogP contribution in [0.4, 0.5) is 5.69 Å². The zero-order valence-corrected chi connectivity index (χ0v) is 10.4. The number of hydrogen-bond acceptors (Lipinski definition) is 2. The molecule has 0 atom stereocenters. The van der Waals surface area contributed by atoms with Gasteiger partial charge in [0.15, 0.2) is 0 Å². The number of nitrogens with one attached hydrogen (secondary N) is 1. The molecule has 2 aromatic rings. The minimum Gasteiger partial charge on any atom is -0.381 e. The third kappa shape index (κ3) is 3.25. The lowest BCUT2D eigenvalue weighted by Crippen LogP contribution is -2.11. The van der Waals surface area contributed by atoms with Gasteiger partial charge in [0.2, 0.25) is 5.91 Å². The van der Waals surface area contributed by atoms with Gasteiger partial charge in [-0.1, -0.05) is 29.8 Å². The predicted octanol–water partition coefficient (Wildman–Crippen LogP) is 3.05. The summed E-state index contributed by atoms with van der Waals surface area (Å²) in [7, 11) is 0. The molecule has 0 saturated heterocycles. The maximum atomic E-state index is 11.1. The molecule has 0 bridgehead atoms. The fraction of sp³-hybridized carbons (Fsp3) is 0.0714. The molecule has 0 unspecified atom stereocenters. The summed E-state index contributed by atoms with van der Waals surface area (Å²) in [4.78, 5) is 11.1. The van der Waals surface area contributed by atoms with Gasteiger partial charge in [-0.2, -0.15) is 0 Å². The summed E-state index contributed by atoms with van der Waals surface area (Å²) in [5.41, 5.74) is 7.68. The Morgan fingerprint density at radius 1 is 1.17 bits per heavy atom. The van der Waals surface area contributed by atoms with Crippen LogP contribution < -0.4 is 11.1 Å². The van der Waals surface area contributed by atoms with Crippen LogP contribution >= 0.6 is 11.6 Å². The van der Waals surface area contributed by atoms with Crippen LogP contribution in [0.1, 0.15) is 15.9 Å². The molecular weight excluding hydrogens is 248 g/mol. The Bertz CT molecular complexity index is 569. The normalized spacial score (nSPS) is 10.1. The minimum absolute atomic E-state index is 0.417. The Kier molecular flexibility index (Phi) is 3.85.